The molecule has 2 fully saturated rings. The number of amides is 2. The molecule has 2 aliphatic heterocycles. The second-order valence-electron chi connectivity index (χ2n) is 10.1. The van der Waals surface area contributed by atoms with E-state index >= 15 is 0 Å². The number of aryl methyl sites for hydroxylation is 1. The van der Waals surface area contributed by atoms with Crippen LogP contribution in [-0.4, -0.2) is 89.2 Å². The molecular formula is C29H32ClFN6O2S. The van der Waals surface area contributed by atoms with Gasteiger partial charge in [0.25, 0.3) is 5.91 Å². The molecule has 0 radical (unpaired) electrons. The number of anilines is 2. The first kappa shape index (κ1) is 28.2. The second-order valence-corrected chi connectivity index (χ2v) is 11.4. The average Bonchev–Trinajstić information content (AvgIpc) is 2.95. The standard InChI is InChI=1S/C29H32ClFN6O2S/c1-20-6-3-4-9-24(20)34-10-12-35(13-11-34)27(38)19-40-29-32-25(30)17-26(33-29)36-14-15-37(21(2)18-36)28(39)22-7-5-8-23(31)16-22/h3-9,16-17,21H,10-15,18-19H2,1-2H3. The van der Waals surface area contributed by atoms with Crippen molar-refractivity contribution in [1.29, 1.82) is 0 Å². The SMILES string of the molecule is Cc1ccccc1N1CCN(C(=O)CSc2nc(Cl)cc(N3CCN(C(=O)c4cccc(F)c4)C(C)C3)n2)CC1. The Kier molecular flexibility index (Phi) is 8.75. The number of aromatic nitrogens is 2. The minimum absolute atomic E-state index is 0.0534. The molecule has 2 aromatic carbocycles. The van der Waals surface area contributed by atoms with Gasteiger partial charge in [0.2, 0.25) is 5.91 Å². The lowest BCUT2D eigenvalue weighted by Crippen LogP contribution is -2.54. The Morgan fingerprint density at radius 2 is 1.73 bits per heavy atom. The summed E-state index contributed by atoms with van der Waals surface area (Å²) in [6.45, 7) is 8.56. The van der Waals surface area contributed by atoms with Crippen LogP contribution in [0.2, 0.25) is 5.15 Å². The molecule has 0 saturated carbocycles. The molecule has 2 saturated heterocycles. The zero-order valence-electron chi connectivity index (χ0n) is 22.6. The maximum atomic E-state index is 13.6. The minimum Gasteiger partial charge on any atom is -0.368 e. The smallest absolute Gasteiger partial charge is 0.254 e. The zero-order chi connectivity index (χ0) is 28.2. The van der Waals surface area contributed by atoms with Crippen molar-refractivity contribution in [2.24, 2.45) is 0 Å². The largest absolute Gasteiger partial charge is 0.368 e. The Morgan fingerprint density at radius 3 is 2.45 bits per heavy atom. The van der Waals surface area contributed by atoms with Crippen LogP contribution >= 0.6 is 23.4 Å². The van der Waals surface area contributed by atoms with Gasteiger partial charge < -0.3 is 19.6 Å². The van der Waals surface area contributed by atoms with E-state index in [1.165, 1.54) is 35.1 Å². The van der Waals surface area contributed by atoms with Crippen LogP contribution in [0.4, 0.5) is 15.9 Å². The number of benzene rings is 2. The number of para-hydroxylation sites is 1. The molecule has 40 heavy (non-hydrogen) atoms. The Hall–Kier alpha value is -3.37. The predicted octanol–water partition coefficient (Wildman–Crippen LogP) is 4.37. The Balaban J connectivity index is 1.15. The van der Waals surface area contributed by atoms with Crippen LogP contribution in [0.5, 0.6) is 0 Å². The Morgan fingerprint density at radius 1 is 0.975 bits per heavy atom. The highest BCUT2D eigenvalue weighted by Crippen LogP contribution is 2.26. The lowest BCUT2D eigenvalue weighted by molar-refractivity contribution is -0.128. The molecule has 2 aliphatic rings. The molecule has 3 heterocycles. The molecule has 1 aromatic heterocycles. The third-order valence-electron chi connectivity index (χ3n) is 7.36. The van der Waals surface area contributed by atoms with E-state index in [0.717, 1.165) is 13.1 Å². The fraction of sp³-hybridized carbons (Fsp3) is 0.379. The molecule has 1 unspecified atom stereocenters. The number of carbonyl (C=O) groups excluding carboxylic acids is 2. The van der Waals surface area contributed by atoms with E-state index in [0.29, 0.717) is 54.4 Å². The van der Waals surface area contributed by atoms with Gasteiger partial charge in [0.15, 0.2) is 5.16 Å². The molecule has 8 nitrogen and oxygen atoms in total. The molecular weight excluding hydrogens is 551 g/mol. The van der Waals surface area contributed by atoms with Crippen molar-refractivity contribution in [2.75, 3.05) is 61.4 Å². The molecule has 1 atom stereocenters. The summed E-state index contributed by atoms with van der Waals surface area (Å²) < 4.78 is 13.6. The molecule has 11 heteroatoms. The van der Waals surface area contributed by atoms with Gasteiger partial charge in [-0.1, -0.05) is 47.6 Å². The van der Waals surface area contributed by atoms with Crippen LogP contribution in [0.3, 0.4) is 0 Å². The Labute approximate surface area is 243 Å². The molecule has 5 rings (SSSR count). The van der Waals surface area contributed by atoms with Crippen LogP contribution in [0.1, 0.15) is 22.8 Å². The number of rotatable bonds is 6. The van der Waals surface area contributed by atoms with Crippen LogP contribution in [0.25, 0.3) is 0 Å². The topological polar surface area (TPSA) is 72.9 Å². The highest BCUT2D eigenvalue weighted by molar-refractivity contribution is 7.99. The molecule has 0 aliphatic carbocycles. The average molecular weight is 583 g/mol. The fourth-order valence-corrected chi connectivity index (χ4v) is 6.18. The summed E-state index contributed by atoms with van der Waals surface area (Å²) >= 11 is 7.62. The van der Waals surface area contributed by atoms with Crippen molar-refractivity contribution in [2.45, 2.75) is 25.0 Å². The van der Waals surface area contributed by atoms with E-state index in [1.807, 2.05) is 24.0 Å². The molecule has 2 amide bonds. The van der Waals surface area contributed by atoms with E-state index in [4.69, 9.17) is 11.6 Å². The fourth-order valence-electron chi connectivity index (χ4n) is 5.20. The molecule has 0 spiro atoms. The third-order valence-corrected chi connectivity index (χ3v) is 8.38. The maximum Gasteiger partial charge on any atom is 0.254 e. The molecule has 0 bridgehead atoms. The van der Waals surface area contributed by atoms with Gasteiger partial charge in [-0.05, 0) is 43.7 Å². The van der Waals surface area contributed by atoms with Crippen molar-refractivity contribution in [3.05, 3.63) is 76.7 Å². The first-order valence-corrected chi connectivity index (χ1v) is 14.7. The summed E-state index contributed by atoms with van der Waals surface area (Å²) in [4.78, 5) is 42.9. The summed E-state index contributed by atoms with van der Waals surface area (Å²) in [5, 5.41) is 0.748. The van der Waals surface area contributed by atoms with Crippen molar-refractivity contribution < 1.29 is 14.0 Å². The number of thioether (sulfide) groups is 1. The van der Waals surface area contributed by atoms with Gasteiger partial charge >= 0.3 is 0 Å². The number of halogens is 2. The lowest BCUT2D eigenvalue weighted by Gasteiger charge is -2.40. The van der Waals surface area contributed by atoms with Crippen LogP contribution in [0.15, 0.2) is 59.8 Å². The first-order chi connectivity index (χ1) is 19.3. The van der Waals surface area contributed by atoms with Gasteiger partial charge in [0.05, 0.1) is 5.75 Å². The molecule has 0 N–H and O–H groups in total. The van der Waals surface area contributed by atoms with Crippen molar-refractivity contribution in [3.8, 4) is 0 Å². The van der Waals surface area contributed by atoms with Crippen LogP contribution in [0, 0.1) is 12.7 Å². The predicted molar refractivity (Wildman–Crippen MR) is 157 cm³/mol. The van der Waals surface area contributed by atoms with Gasteiger partial charge in [0.1, 0.15) is 16.8 Å². The highest BCUT2D eigenvalue weighted by atomic mass is 35.5. The second kappa shape index (κ2) is 12.4. The van der Waals surface area contributed by atoms with Crippen molar-refractivity contribution >= 4 is 46.7 Å². The molecule has 3 aromatic rings. The number of hydrogen-bond acceptors (Lipinski definition) is 7. The van der Waals surface area contributed by atoms with Gasteiger partial charge in [-0.15, -0.1) is 0 Å². The lowest BCUT2D eigenvalue weighted by atomic mass is 10.1. The monoisotopic (exact) mass is 582 g/mol. The van der Waals surface area contributed by atoms with E-state index in [1.54, 1.807) is 23.1 Å². The summed E-state index contributed by atoms with van der Waals surface area (Å²) in [6, 6.07) is 15.7. The normalized spacial score (nSPS) is 17.8. The van der Waals surface area contributed by atoms with Gasteiger partial charge in [-0.3, -0.25) is 9.59 Å². The van der Waals surface area contributed by atoms with Gasteiger partial charge in [-0.25, -0.2) is 14.4 Å². The summed E-state index contributed by atoms with van der Waals surface area (Å²) in [6.07, 6.45) is 0. The van der Waals surface area contributed by atoms with E-state index in [-0.39, 0.29) is 23.6 Å². The van der Waals surface area contributed by atoms with Crippen LogP contribution < -0.4 is 9.80 Å². The number of piperazine rings is 2. The first-order valence-electron chi connectivity index (χ1n) is 13.4. The molecule has 210 valence electrons. The number of nitrogens with zero attached hydrogens (tertiary/aromatic N) is 6. The summed E-state index contributed by atoms with van der Waals surface area (Å²) in [5.74, 6) is 0.322. The zero-order valence-corrected chi connectivity index (χ0v) is 24.2. The van der Waals surface area contributed by atoms with Crippen LogP contribution in [-0.2, 0) is 4.79 Å². The number of hydrogen-bond donors (Lipinski definition) is 0. The van der Waals surface area contributed by atoms with Gasteiger partial charge in [-0.2, -0.15) is 0 Å². The summed E-state index contributed by atoms with van der Waals surface area (Å²) in [5.41, 5.74) is 2.79. The third kappa shape index (κ3) is 6.50. The quantitative estimate of drug-likeness (QED) is 0.243. The number of carbonyl (C=O) groups is 2. The van der Waals surface area contributed by atoms with E-state index in [2.05, 4.69) is 38.8 Å². The summed E-state index contributed by atoms with van der Waals surface area (Å²) in [7, 11) is 0. The maximum absolute atomic E-state index is 13.6. The van der Waals surface area contributed by atoms with Crippen molar-refractivity contribution in [1.82, 2.24) is 19.8 Å². The Bertz CT molecular complexity index is 1390. The van der Waals surface area contributed by atoms with E-state index < -0.39 is 5.82 Å². The van der Waals surface area contributed by atoms with E-state index in [9.17, 15) is 14.0 Å². The highest BCUT2D eigenvalue weighted by Gasteiger charge is 2.29. The van der Waals surface area contributed by atoms with Gasteiger partial charge in [0, 0.05) is 69.2 Å². The minimum atomic E-state index is -0.430. The van der Waals surface area contributed by atoms with Crippen molar-refractivity contribution in [3.63, 3.8) is 0 Å².